The van der Waals surface area contributed by atoms with Crippen LogP contribution in [0.5, 0.6) is 0 Å². The van der Waals surface area contributed by atoms with E-state index >= 15 is 0 Å². The molecule has 0 bridgehead atoms. The Hall–Kier alpha value is -1.05. The fraction of sp³-hybridized carbons (Fsp3) is 0.500. The van der Waals surface area contributed by atoms with Crippen molar-refractivity contribution in [1.29, 1.82) is 0 Å². The van der Waals surface area contributed by atoms with Gasteiger partial charge in [-0.25, -0.2) is 4.99 Å². The third-order valence-corrected chi connectivity index (χ3v) is 2.83. The molecule has 2 unspecified atom stereocenters. The van der Waals surface area contributed by atoms with E-state index in [0.717, 1.165) is 0 Å². The molecule has 0 spiro atoms. The Morgan fingerprint density at radius 3 is 3.00 bits per heavy atom. The summed E-state index contributed by atoms with van der Waals surface area (Å²) in [6, 6.07) is 0. The molecule has 0 saturated carbocycles. The van der Waals surface area contributed by atoms with Gasteiger partial charge in [-0.15, -0.1) is 0 Å². The van der Waals surface area contributed by atoms with Crippen LogP contribution in [0.1, 0.15) is 13.8 Å². The number of hydrogen-bond donors (Lipinski definition) is 0. The molecule has 2 nitrogen and oxygen atoms in total. The van der Waals surface area contributed by atoms with Crippen LogP contribution in [0.15, 0.2) is 29.0 Å². The summed E-state index contributed by atoms with van der Waals surface area (Å²) in [6.45, 7) is 4.41. The number of allylic oxidation sites excluding steroid dienone is 1. The molecule has 0 amide bonds. The van der Waals surface area contributed by atoms with Crippen molar-refractivity contribution in [3.8, 4) is 0 Å². The predicted octanol–water partition coefficient (Wildman–Crippen LogP) is 2.01. The third kappa shape index (κ3) is 0.909. The Morgan fingerprint density at radius 1 is 1.50 bits per heavy atom. The van der Waals surface area contributed by atoms with Crippen LogP contribution in [0.25, 0.3) is 0 Å². The molecule has 2 aliphatic rings. The number of hydrogen-bond acceptors (Lipinski definition) is 2. The van der Waals surface area contributed by atoms with Crippen molar-refractivity contribution in [1.82, 2.24) is 4.90 Å². The lowest BCUT2D eigenvalue weighted by atomic mass is 9.87. The van der Waals surface area contributed by atoms with Gasteiger partial charge in [0.2, 0.25) is 0 Å². The van der Waals surface area contributed by atoms with Crippen LogP contribution in [-0.4, -0.2) is 17.8 Å². The summed E-state index contributed by atoms with van der Waals surface area (Å²) in [5.41, 5.74) is 1.38. The molecule has 0 aliphatic carbocycles. The quantitative estimate of drug-likeness (QED) is 0.532. The molecule has 2 atom stereocenters. The van der Waals surface area contributed by atoms with E-state index in [9.17, 15) is 0 Å². The van der Waals surface area contributed by atoms with Crippen LogP contribution in [0.2, 0.25) is 0 Å². The minimum Gasteiger partial charge on any atom is -0.339 e. The third-order valence-electron chi connectivity index (χ3n) is 2.83. The highest BCUT2D eigenvalue weighted by atomic mass is 15.2. The fourth-order valence-corrected chi connectivity index (χ4v) is 1.76. The molecule has 2 rings (SSSR count). The van der Waals surface area contributed by atoms with Crippen LogP contribution in [0.3, 0.4) is 0 Å². The first-order valence-electron chi connectivity index (χ1n) is 4.35. The maximum absolute atomic E-state index is 4.42. The van der Waals surface area contributed by atoms with Crippen LogP contribution < -0.4 is 0 Å². The van der Waals surface area contributed by atoms with Crippen molar-refractivity contribution < 1.29 is 0 Å². The maximum Gasteiger partial charge on any atom is 0.115 e. The molecule has 0 aromatic heterocycles. The topological polar surface area (TPSA) is 15.6 Å². The van der Waals surface area contributed by atoms with E-state index in [0.29, 0.717) is 11.8 Å². The van der Waals surface area contributed by atoms with Crippen LogP contribution in [0, 0.1) is 11.8 Å². The Kier molecular flexibility index (Phi) is 1.56. The standard InChI is InChI=1S/C10H14N2/c1-7-6-11-10-9(8(7)2)4-5-12(10)3/h4-6,8-9H,1-3H3. The summed E-state index contributed by atoms with van der Waals surface area (Å²) in [7, 11) is 2.05. The van der Waals surface area contributed by atoms with Crippen LogP contribution in [0.4, 0.5) is 0 Å². The van der Waals surface area contributed by atoms with Gasteiger partial charge in [-0.05, 0) is 12.8 Å². The van der Waals surface area contributed by atoms with Gasteiger partial charge in [-0.2, -0.15) is 0 Å². The second-order valence-corrected chi connectivity index (χ2v) is 3.63. The fourth-order valence-electron chi connectivity index (χ4n) is 1.76. The molecule has 12 heavy (non-hydrogen) atoms. The molecule has 0 fully saturated rings. The van der Waals surface area contributed by atoms with E-state index in [2.05, 4.69) is 43.1 Å². The predicted molar refractivity (Wildman–Crippen MR) is 50.7 cm³/mol. The first-order chi connectivity index (χ1) is 5.70. The molecule has 0 aromatic carbocycles. The van der Waals surface area contributed by atoms with Gasteiger partial charge in [0, 0.05) is 25.4 Å². The minimum atomic E-state index is 0.514. The smallest absolute Gasteiger partial charge is 0.115 e. The van der Waals surface area contributed by atoms with Crippen molar-refractivity contribution in [3.63, 3.8) is 0 Å². The van der Waals surface area contributed by atoms with Crippen molar-refractivity contribution in [2.45, 2.75) is 13.8 Å². The average Bonchev–Trinajstić information content (AvgIpc) is 2.41. The van der Waals surface area contributed by atoms with Crippen LogP contribution >= 0.6 is 0 Å². The first kappa shape index (κ1) is 7.59. The first-order valence-corrected chi connectivity index (χ1v) is 4.35. The van der Waals surface area contributed by atoms with Crippen molar-refractivity contribution in [3.05, 3.63) is 24.0 Å². The molecule has 2 aliphatic heterocycles. The molecule has 2 heteroatoms. The van der Waals surface area contributed by atoms with E-state index in [1.807, 2.05) is 6.20 Å². The van der Waals surface area contributed by atoms with Gasteiger partial charge in [-0.3, -0.25) is 0 Å². The Bertz CT molecular complexity index is 286. The molecule has 64 valence electrons. The van der Waals surface area contributed by atoms with Gasteiger partial charge < -0.3 is 4.90 Å². The molecule has 0 saturated heterocycles. The molecule has 0 aromatic rings. The van der Waals surface area contributed by atoms with E-state index in [1.54, 1.807) is 0 Å². The summed E-state index contributed by atoms with van der Waals surface area (Å²) in [5.74, 6) is 2.31. The van der Waals surface area contributed by atoms with E-state index in [1.165, 1.54) is 11.4 Å². The largest absolute Gasteiger partial charge is 0.339 e. The summed E-state index contributed by atoms with van der Waals surface area (Å²) >= 11 is 0. The summed E-state index contributed by atoms with van der Waals surface area (Å²) in [6.07, 6.45) is 6.33. The second kappa shape index (κ2) is 2.47. The lowest BCUT2D eigenvalue weighted by Gasteiger charge is -2.25. The summed E-state index contributed by atoms with van der Waals surface area (Å²) in [5, 5.41) is 0. The minimum absolute atomic E-state index is 0.514. The number of rotatable bonds is 0. The molecule has 0 radical (unpaired) electrons. The number of amidine groups is 1. The van der Waals surface area contributed by atoms with E-state index in [4.69, 9.17) is 0 Å². The van der Waals surface area contributed by atoms with Gasteiger partial charge in [-0.1, -0.05) is 18.6 Å². The number of nitrogens with zero attached hydrogens (tertiary/aromatic N) is 2. The number of aliphatic imine (C=N–C) groups is 1. The molecule has 0 N–H and O–H groups in total. The normalized spacial score (nSPS) is 33.1. The average molecular weight is 162 g/mol. The Balaban J connectivity index is 2.36. The van der Waals surface area contributed by atoms with E-state index in [-0.39, 0.29) is 0 Å². The van der Waals surface area contributed by atoms with Gasteiger partial charge in [0.15, 0.2) is 0 Å². The van der Waals surface area contributed by atoms with Crippen molar-refractivity contribution >= 4 is 5.84 Å². The number of fused-ring (bicyclic) bond motifs is 1. The molecule has 2 heterocycles. The van der Waals surface area contributed by atoms with Gasteiger partial charge in [0.05, 0.1) is 0 Å². The zero-order valence-electron chi connectivity index (χ0n) is 7.78. The Labute approximate surface area is 73.3 Å². The zero-order valence-corrected chi connectivity index (χ0v) is 7.78. The van der Waals surface area contributed by atoms with Gasteiger partial charge in [0.25, 0.3) is 0 Å². The monoisotopic (exact) mass is 162 g/mol. The molecular weight excluding hydrogens is 148 g/mol. The van der Waals surface area contributed by atoms with Gasteiger partial charge >= 0.3 is 0 Å². The lowest BCUT2D eigenvalue weighted by Crippen LogP contribution is -2.28. The summed E-state index contributed by atoms with van der Waals surface area (Å²) < 4.78 is 0. The van der Waals surface area contributed by atoms with Crippen molar-refractivity contribution in [2.75, 3.05) is 7.05 Å². The maximum atomic E-state index is 4.42. The second-order valence-electron chi connectivity index (χ2n) is 3.63. The summed E-state index contributed by atoms with van der Waals surface area (Å²) in [4.78, 5) is 6.52. The highest BCUT2D eigenvalue weighted by molar-refractivity contribution is 5.91. The van der Waals surface area contributed by atoms with Crippen molar-refractivity contribution in [2.24, 2.45) is 16.8 Å². The van der Waals surface area contributed by atoms with E-state index < -0.39 is 0 Å². The van der Waals surface area contributed by atoms with Gasteiger partial charge in [0.1, 0.15) is 5.84 Å². The highest BCUT2D eigenvalue weighted by Gasteiger charge is 2.29. The zero-order chi connectivity index (χ0) is 8.72. The van der Waals surface area contributed by atoms with Crippen LogP contribution in [-0.2, 0) is 0 Å². The Morgan fingerprint density at radius 2 is 2.25 bits per heavy atom. The molecular formula is C10H14N2. The SMILES string of the molecule is CC1=CN=C2C(C=CN2C)C1C. The highest BCUT2D eigenvalue weighted by Crippen LogP contribution is 2.31. The lowest BCUT2D eigenvalue weighted by molar-refractivity contribution is 0.564.